The van der Waals surface area contributed by atoms with Gasteiger partial charge in [0.15, 0.2) is 11.6 Å². The van der Waals surface area contributed by atoms with E-state index < -0.39 is 11.8 Å². The summed E-state index contributed by atoms with van der Waals surface area (Å²) < 4.78 is 26.0. The van der Waals surface area contributed by atoms with Crippen molar-refractivity contribution in [2.45, 2.75) is 6.61 Å². The van der Waals surface area contributed by atoms with Crippen LogP contribution in [0.25, 0.3) is 16.9 Å². The molecule has 0 unspecified atom stereocenters. The fraction of sp³-hybridized carbons (Fsp3) is 0.0833. The summed E-state index contributed by atoms with van der Waals surface area (Å²) in [5.74, 6) is -1.17. The first-order chi connectivity index (χ1) is 14.7. The van der Waals surface area contributed by atoms with Crippen molar-refractivity contribution >= 4 is 5.97 Å². The Morgan fingerprint density at radius 2 is 1.70 bits per heavy atom. The number of ether oxygens (including phenoxy) is 2. The van der Waals surface area contributed by atoms with Crippen molar-refractivity contribution in [1.82, 2.24) is 9.78 Å². The van der Waals surface area contributed by atoms with Gasteiger partial charge in [0, 0.05) is 17.3 Å². The van der Waals surface area contributed by atoms with Crippen LogP contribution in [0.2, 0.25) is 0 Å². The van der Waals surface area contributed by atoms with Gasteiger partial charge in [-0.25, -0.2) is 13.9 Å². The van der Waals surface area contributed by atoms with Gasteiger partial charge in [-0.1, -0.05) is 48.5 Å². The SMILES string of the molecule is COc1ccc(C(=O)OCc2cn(-c3ccccc3)nc2-c2ccccc2)cc1F. The number of halogens is 1. The van der Waals surface area contributed by atoms with Crippen LogP contribution in [0.3, 0.4) is 0 Å². The number of carbonyl (C=O) groups excluding carboxylic acids is 1. The number of methoxy groups -OCH3 is 1. The number of esters is 1. The van der Waals surface area contributed by atoms with Crippen LogP contribution in [-0.4, -0.2) is 22.9 Å². The van der Waals surface area contributed by atoms with Crippen molar-refractivity contribution in [3.63, 3.8) is 0 Å². The van der Waals surface area contributed by atoms with E-state index in [2.05, 4.69) is 5.10 Å². The third-order valence-corrected chi connectivity index (χ3v) is 4.60. The molecule has 1 heterocycles. The van der Waals surface area contributed by atoms with Crippen LogP contribution in [0.5, 0.6) is 5.75 Å². The molecule has 0 N–H and O–H groups in total. The lowest BCUT2D eigenvalue weighted by atomic mass is 10.1. The molecule has 0 aliphatic rings. The molecule has 0 bridgehead atoms. The predicted octanol–water partition coefficient (Wildman–Crippen LogP) is 5.04. The number of hydrogen-bond donors (Lipinski definition) is 0. The molecule has 0 saturated carbocycles. The average molecular weight is 402 g/mol. The van der Waals surface area contributed by atoms with Gasteiger partial charge in [0.25, 0.3) is 0 Å². The van der Waals surface area contributed by atoms with Gasteiger partial charge in [-0.2, -0.15) is 5.10 Å². The zero-order valence-electron chi connectivity index (χ0n) is 16.3. The summed E-state index contributed by atoms with van der Waals surface area (Å²) in [6, 6.07) is 23.3. The average Bonchev–Trinajstić information content (AvgIpc) is 3.23. The topological polar surface area (TPSA) is 53.4 Å². The highest BCUT2D eigenvalue weighted by Crippen LogP contribution is 2.25. The number of carbonyl (C=O) groups is 1. The lowest BCUT2D eigenvalue weighted by Gasteiger charge is -2.07. The molecule has 4 rings (SSSR count). The van der Waals surface area contributed by atoms with Gasteiger partial charge in [0.1, 0.15) is 6.61 Å². The van der Waals surface area contributed by atoms with E-state index >= 15 is 0 Å². The summed E-state index contributed by atoms with van der Waals surface area (Å²) >= 11 is 0. The van der Waals surface area contributed by atoms with Crippen LogP contribution in [-0.2, 0) is 11.3 Å². The third-order valence-electron chi connectivity index (χ3n) is 4.60. The summed E-state index contributed by atoms with van der Waals surface area (Å²) in [6.45, 7) is 0.00351. The van der Waals surface area contributed by atoms with E-state index in [1.54, 1.807) is 4.68 Å². The molecular formula is C24H19FN2O3. The molecule has 0 atom stereocenters. The van der Waals surface area contributed by atoms with Gasteiger partial charge in [-0.15, -0.1) is 0 Å². The molecule has 3 aromatic carbocycles. The third kappa shape index (κ3) is 4.07. The van der Waals surface area contributed by atoms with Crippen LogP contribution in [0.15, 0.2) is 85.1 Å². The van der Waals surface area contributed by atoms with Crippen LogP contribution < -0.4 is 4.74 Å². The Bertz CT molecular complexity index is 1160. The van der Waals surface area contributed by atoms with Gasteiger partial charge in [-0.05, 0) is 30.3 Å². The molecule has 0 saturated heterocycles. The lowest BCUT2D eigenvalue weighted by Crippen LogP contribution is -2.06. The molecule has 0 aliphatic heterocycles. The second-order valence-corrected chi connectivity index (χ2v) is 6.57. The lowest BCUT2D eigenvalue weighted by molar-refractivity contribution is 0.0472. The van der Waals surface area contributed by atoms with E-state index in [9.17, 15) is 9.18 Å². The molecule has 1 aromatic heterocycles. The highest BCUT2D eigenvalue weighted by molar-refractivity contribution is 5.89. The summed E-state index contributed by atoms with van der Waals surface area (Å²) in [5.41, 5.74) is 3.38. The van der Waals surface area contributed by atoms with E-state index in [0.717, 1.165) is 22.9 Å². The quantitative estimate of drug-likeness (QED) is 0.424. The Kier molecular flexibility index (Phi) is 5.57. The summed E-state index contributed by atoms with van der Waals surface area (Å²) in [4.78, 5) is 12.4. The van der Waals surface area contributed by atoms with Crippen LogP contribution in [0.1, 0.15) is 15.9 Å². The van der Waals surface area contributed by atoms with E-state index in [1.165, 1.54) is 19.2 Å². The molecule has 5 nitrogen and oxygen atoms in total. The normalized spacial score (nSPS) is 10.6. The zero-order chi connectivity index (χ0) is 20.9. The Balaban J connectivity index is 1.60. The van der Waals surface area contributed by atoms with Crippen molar-refractivity contribution in [3.8, 4) is 22.7 Å². The summed E-state index contributed by atoms with van der Waals surface area (Å²) in [7, 11) is 1.37. The van der Waals surface area contributed by atoms with Crippen molar-refractivity contribution in [1.29, 1.82) is 0 Å². The monoisotopic (exact) mass is 402 g/mol. The number of aromatic nitrogens is 2. The minimum absolute atomic E-state index is 0.00351. The smallest absolute Gasteiger partial charge is 0.338 e. The molecule has 6 heteroatoms. The second-order valence-electron chi connectivity index (χ2n) is 6.57. The molecule has 30 heavy (non-hydrogen) atoms. The first-order valence-corrected chi connectivity index (χ1v) is 9.36. The van der Waals surface area contributed by atoms with E-state index in [0.29, 0.717) is 5.69 Å². The van der Waals surface area contributed by atoms with Gasteiger partial charge in [0.2, 0.25) is 0 Å². The van der Waals surface area contributed by atoms with Crippen molar-refractivity contribution in [2.24, 2.45) is 0 Å². The standard InChI is InChI=1S/C24H19FN2O3/c1-29-22-13-12-18(14-21(22)25)24(28)30-16-19-15-27(20-10-6-3-7-11-20)26-23(19)17-8-4-2-5-9-17/h2-15H,16H2,1H3. The molecule has 0 fully saturated rings. The molecule has 0 spiro atoms. The number of rotatable bonds is 6. The number of hydrogen-bond acceptors (Lipinski definition) is 4. The highest BCUT2D eigenvalue weighted by atomic mass is 19.1. The molecule has 4 aromatic rings. The van der Waals surface area contributed by atoms with Gasteiger partial charge < -0.3 is 9.47 Å². The molecule has 0 amide bonds. The maximum atomic E-state index is 13.9. The highest BCUT2D eigenvalue weighted by Gasteiger charge is 2.16. The van der Waals surface area contributed by atoms with Crippen molar-refractivity contribution < 1.29 is 18.7 Å². The van der Waals surface area contributed by atoms with Crippen molar-refractivity contribution in [2.75, 3.05) is 7.11 Å². The first-order valence-electron chi connectivity index (χ1n) is 9.36. The van der Waals surface area contributed by atoms with E-state index in [1.807, 2.05) is 66.9 Å². The van der Waals surface area contributed by atoms with Crippen LogP contribution in [0, 0.1) is 5.82 Å². The fourth-order valence-electron chi connectivity index (χ4n) is 3.09. The maximum absolute atomic E-state index is 13.9. The number of para-hydroxylation sites is 1. The maximum Gasteiger partial charge on any atom is 0.338 e. The molecule has 0 aliphatic carbocycles. The largest absolute Gasteiger partial charge is 0.494 e. The Morgan fingerprint density at radius 1 is 1.00 bits per heavy atom. The number of benzene rings is 3. The minimum Gasteiger partial charge on any atom is -0.494 e. The van der Waals surface area contributed by atoms with E-state index in [4.69, 9.17) is 9.47 Å². The van der Waals surface area contributed by atoms with Crippen LogP contribution in [0.4, 0.5) is 4.39 Å². The van der Waals surface area contributed by atoms with Crippen LogP contribution >= 0.6 is 0 Å². The van der Waals surface area contributed by atoms with Gasteiger partial charge in [0.05, 0.1) is 24.1 Å². The fourth-order valence-corrected chi connectivity index (χ4v) is 3.09. The second kappa shape index (κ2) is 8.61. The minimum atomic E-state index is -0.622. The molecular weight excluding hydrogens is 383 g/mol. The van der Waals surface area contributed by atoms with Gasteiger partial charge >= 0.3 is 5.97 Å². The van der Waals surface area contributed by atoms with Crippen molar-refractivity contribution in [3.05, 3.63) is 102 Å². The van der Waals surface area contributed by atoms with E-state index in [-0.39, 0.29) is 17.9 Å². The number of nitrogens with zero attached hydrogens (tertiary/aromatic N) is 2. The first kappa shape index (κ1) is 19.4. The summed E-state index contributed by atoms with van der Waals surface area (Å²) in [6.07, 6.45) is 1.83. The van der Waals surface area contributed by atoms with Gasteiger partial charge in [-0.3, -0.25) is 0 Å². The molecule has 150 valence electrons. The Hall–Kier alpha value is -3.93. The summed E-state index contributed by atoms with van der Waals surface area (Å²) in [5, 5.41) is 4.69. The Labute approximate surface area is 173 Å². The molecule has 0 radical (unpaired) electrons. The predicted molar refractivity (Wildman–Crippen MR) is 111 cm³/mol. The zero-order valence-corrected chi connectivity index (χ0v) is 16.3. The Morgan fingerprint density at radius 3 is 2.37 bits per heavy atom.